The van der Waals surface area contributed by atoms with Crippen LogP contribution in [0.3, 0.4) is 0 Å². The highest BCUT2D eigenvalue weighted by Gasteiger charge is 2.23. The molecule has 0 aromatic carbocycles. The van der Waals surface area contributed by atoms with Crippen molar-refractivity contribution >= 4 is 0 Å². The summed E-state index contributed by atoms with van der Waals surface area (Å²) >= 11 is 0. The van der Waals surface area contributed by atoms with Gasteiger partial charge in [-0.3, -0.25) is 4.90 Å². The lowest BCUT2D eigenvalue weighted by Gasteiger charge is -2.28. The predicted octanol–water partition coefficient (Wildman–Crippen LogP) is 3.11. The molecule has 3 heteroatoms. The van der Waals surface area contributed by atoms with Crippen LogP contribution in [0, 0.1) is 6.92 Å². The van der Waals surface area contributed by atoms with E-state index in [2.05, 4.69) is 36.2 Å². The molecule has 1 N–H and O–H groups in total. The van der Waals surface area contributed by atoms with Gasteiger partial charge >= 0.3 is 0 Å². The van der Waals surface area contributed by atoms with Gasteiger partial charge in [-0.2, -0.15) is 0 Å². The standard InChI is InChI=1S/C15H26N2O/c1-4-6-14-11-17(10-5-9-16-14)13(3)15-8-7-12(2)18-15/h7-8,13-14,16H,4-6,9-11H2,1-3H3. The van der Waals surface area contributed by atoms with Crippen LogP contribution < -0.4 is 5.32 Å². The number of hydrogen-bond donors (Lipinski definition) is 1. The zero-order valence-corrected chi connectivity index (χ0v) is 11.9. The number of nitrogens with one attached hydrogen (secondary N) is 1. The minimum atomic E-state index is 0.387. The molecular weight excluding hydrogens is 224 g/mol. The maximum absolute atomic E-state index is 5.77. The van der Waals surface area contributed by atoms with Crippen LogP contribution in [0.2, 0.25) is 0 Å². The first kappa shape index (κ1) is 13.6. The minimum Gasteiger partial charge on any atom is -0.465 e. The first-order valence-corrected chi connectivity index (χ1v) is 7.24. The van der Waals surface area contributed by atoms with Crippen molar-refractivity contribution in [2.45, 2.75) is 52.1 Å². The van der Waals surface area contributed by atoms with E-state index in [0.717, 1.165) is 31.2 Å². The molecule has 1 aliphatic heterocycles. The third kappa shape index (κ3) is 3.36. The summed E-state index contributed by atoms with van der Waals surface area (Å²) in [5.41, 5.74) is 0. The zero-order chi connectivity index (χ0) is 13.0. The Balaban J connectivity index is 2.01. The molecule has 3 nitrogen and oxygen atoms in total. The topological polar surface area (TPSA) is 28.4 Å². The molecule has 1 fully saturated rings. The molecule has 18 heavy (non-hydrogen) atoms. The van der Waals surface area contributed by atoms with Gasteiger partial charge < -0.3 is 9.73 Å². The van der Waals surface area contributed by atoms with Crippen LogP contribution in [0.4, 0.5) is 0 Å². The molecule has 1 aliphatic rings. The van der Waals surface area contributed by atoms with Crippen molar-refractivity contribution < 1.29 is 4.42 Å². The Morgan fingerprint density at radius 3 is 3.00 bits per heavy atom. The van der Waals surface area contributed by atoms with Gasteiger partial charge in [-0.15, -0.1) is 0 Å². The first-order chi connectivity index (χ1) is 8.70. The maximum atomic E-state index is 5.77. The maximum Gasteiger partial charge on any atom is 0.121 e. The molecular formula is C15H26N2O. The van der Waals surface area contributed by atoms with Crippen molar-refractivity contribution in [1.29, 1.82) is 0 Å². The Kier molecular flexibility index (Phi) is 4.84. The Hall–Kier alpha value is -0.800. The van der Waals surface area contributed by atoms with Gasteiger partial charge in [0.2, 0.25) is 0 Å². The fraction of sp³-hybridized carbons (Fsp3) is 0.733. The lowest BCUT2D eigenvalue weighted by Crippen LogP contribution is -2.38. The summed E-state index contributed by atoms with van der Waals surface area (Å²) in [7, 11) is 0. The van der Waals surface area contributed by atoms with Crippen molar-refractivity contribution in [2.75, 3.05) is 19.6 Å². The van der Waals surface area contributed by atoms with E-state index >= 15 is 0 Å². The van der Waals surface area contributed by atoms with Crippen molar-refractivity contribution in [3.05, 3.63) is 23.7 Å². The molecule has 2 heterocycles. The van der Waals surface area contributed by atoms with Crippen molar-refractivity contribution in [2.24, 2.45) is 0 Å². The van der Waals surface area contributed by atoms with Gasteiger partial charge in [0.05, 0.1) is 6.04 Å². The second-order valence-corrected chi connectivity index (χ2v) is 5.41. The van der Waals surface area contributed by atoms with Crippen molar-refractivity contribution in [3.63, 3.8) is 0 Å². The van der Waals surface area contributed by atoms with E-state index in [1.807, 2.05) is 6.92 Å². The van der Waals surface area contributed by atoms with E-state index in [-0.39, 0.29) is 0 Å². The second-order valence-electron chi connectivity index (χ2n) is 5.41. The largest absolute Gasteiger partial charge is 0.465 e. The molecule has 0 saturated carbocycles. The molecule has 1 aromatic heterocycles. The van der Waals surface area contributed by atoms with Gasteiger partial charge in [-0.1, -0.05) is 13.3 Å². The highest BCUT2D eigenvalue weighted by Crippen LogP contribution is 2.24. The summed E-state index contributed by atoms with van der Waals surface area (Å²) in [6.07, 6.45) is 3.74. The van der Waals surface area contributed by atoms with Crippen molar-refractivity contribution in [3.8, 4) is 0 Å². The molecule has 0 spiro atoms. The van der Waals surface area contributed by atoms with Gasteiger partial charge in [0, 0.05) is 19.1 Å². The zero-order valence-electron chi connectivity index (χ0n) is 11.9. The van der Waals surface area contributed by atoms with Gasteiger partial charge in [0.15, 0.2) is 0 Å². The van der Waals surface area contributed by atoms with E-state index in [1.54, 1.807) is 0 Å². The quantitative estimate of drug-likeness (QED) is 0.890. The average molecular weight is 250 g/mol. The SMILES string of the molecule is CCCC1CN(C(C)c2ccc(C)o2)CCCN1. The number of aryl methyl sites for hydroxylation is 1. The Bertz CT molecular complexity index is 361. The highest BCUT2D eigenvalue weighted by atomic mass is 16.3. The second kappa shape index (κ2) is 6.39. The molecule has 1 saturated heterocycles. The van der Waals surface area contributed by atoms with Gasteiger partial charge in [0.25, 0.3) is 0 Å². The molecule has 0 bridgehead atoms. The van der Waals surface area contributed by atoms with E-state index in [4.69, 9.17) is 4.42 Å². The highest BCUT2D eigenvalue weighted by molar-refractivity contribution is 5.09. The molecule has 0 radical (unpaired) electrons. The van der Waals surface area contributed by atoms with Gasteiger partial charge in [-0.05, 0) is 45.4 Å². The van der Waals surface area contributed by atoms with Crippen LogP contribution in [-0.4, -0.2) is 30.6 Å². The van der Waals surface area contributed by atoms with Crippen LogP contribution in [0.15, 0.2) is 16.5 Å². The Morgan fingerprint density at radius 2 is 2.33 bits per heavy atom. The monoisotopic (exact) mass is 250 g/mol. The predicted molar refractivity (Wildman–Crippen MR) is 74.7 cm³/mol. The molecule has 0 amide bonds. The summed E-state index contributed by atoms with van der Waals surface area (Å²) in [6, 6.07) is 5.20. The summed E-state index contributed by atoms with van der Waals surface area (Å²) in [5, 5.41) is 3.65. The van der Waals surface area contributed by atoms with Crippen LogP contribution >= 0.6 is 0 Å². The average Bonchev–Trinajstić information content (AvgIpc) is 2.65. The lowest BCUT2D eigenvalue weighted by atomic mass is 10.1. The number of furan rings is 1. The van der Waals surface area contributed by atoms with Crippen LogP contribution in [0.5, 0.6) is 0 Å². The summed E-state index contributed by atoms with van der Waals surface area (Å²) in [6.45, 7) is 9.97. The van der Waals surface area contributed by atoms with Crippen molar-refractivity contribution in [1.82, 2.24) is 10.2 Å². The Labute approximate surface area is 111 Å². The number of rotatable bonds is 4. The first-order valence-electron chi connectivity index (χ1n) is 7.24. The number of hydrogen-bond acceptors (Lipinski definition) is 3. The van der Waals surface area contributed by atoms with E-state index < -0.39 is 0 Å². The summed E-state index contributed by atoms with van der Waals surface area (Å²) < 4.78 is 5.77. The van der Waals surface area contributed by atoms with E-state index in [9.17, 15) is 0 Å². The van der Waals surface area contributed by atoms with E-state index in [0.29, 0.717) is 12.1 Å². The summed E-state index contributed by atoms with van der Waals surface area (Å²) in [4.78, 5) is 2.55. The van der Waals surface area contributed by atoms with Gasteiger partial charge in [-0.25, -0.2) is 0 Å². The van der Waals surface area contributed by atoms with Crippen LogP contribution in [-0.2, 0) is 0 Å². The minimum absolute atomic E-state index is 0.387. The fourth-order valence-electron chi connectivity index (χ4n) is 2.78. The molecule has 2 unspecified atom stereocenters. The molecule has 0 aliphatic carbocycles. The fourth-order valence-corrected chi connectivity index (χ4v) is 2.78. The molecule has 2 rings (SSSR count). The lowest BCUT2D eigenvalue weighted by molar-refractivity contribution is 0.181. The van der Waals surface area contributed by atoms with Gasteiger partial charge in [0.1, 0.15) is 11.5 Å². The third-order valence-corrected chi connectivity index (χ3v) is 3.87. The normalized spacial score (nSPS) is 23.8. The molecule has 2 atom stereocenters. The summed E-state index contributed by atoms with van der Waals surface area (Å²) in [5.74, 6) is 2.11. The molecule has 102 valence electrons. The van der Waals surface area contributed by atoms with Crippen LogP contribution in [0.25, 0.3) is 0 Å². The Morgan fingerprint density at radius 1 is 1.50 bits per heavy atom. The van der Waals surface area contributed by atoms with E-state index in [1.165, 1.54) is 19.3 Å². The third-order valence-electron chi connectivity index (χ3n) is 3.87. The number of nitrogens with zero attached hydrogens (tertiary/aromatic N) is 1. The molecule has 1 aromatic rings. The van der Waals surface area contributed by atoms with Crippen LogP contribution in [0.1, 0.15) is 50.7 Å². The smallest absolute Gasteiger partial charge is 0.121 e.